The Balaban J connectivity index is 5.02. The number of ketones is 3. The molecule has 0 heterocycles. The van der Waals surface area contributed by atoms with Crippen LogP contribution in [0.3, 0.4) is 0 Å². The third-order valence-electron chi connectivity index (χ3n) is 3.47. The number of carbonyl (C=O) groups excluding carboxylic acids is 3. The number of hydrogen-bond donors (Lipinski definition) is 0. The van der Waals surface area contributed by atoms with Crippen LogP contribution in [0, 0.1) is 17.8 Å². The van der Waals surface area contributed by atoms with E-state index in [-0.39, 0.29) is 29.2 Å². The molecule has 0 aromatic heterocycles. The fourth-order valence-corrected chi connectivity index (χ4v) is 2.30. The molecule has 0 rings (SSSR count). The molecule has 98 valence electrons. The van der Waals surface area contributed by atoms with Gasteiger partial charge in [0, 0.05) is 17.8 Å². The molecule has 0 aliphatic rings. The Kier molecular flexibility index (Phi) is 6.93. The van der Waals surface area contributed by atoms with Crippen LogP contribution < -0.4 is 0 Å². The summed E-state index contributed by atoms with van der Waals surface area (Å²) < 4.78 is 0. The van der Waals surface area contributed by atoms with Crippen molar-refractivity contribution in [1.29, 1.82) is 0 Å². The van der Waals surface area contributed by atoms with Crippen LogP contribution in [0.2, 0.25) is 0 Å². The molecular weight excluding hydrogens is 216 g/mol. The average Bonchev–Trinajstić information content (AvgIpc) is 2.21. The first-order valence-corrected chi connectivity index (χ1v) is 6.34. The summed E-state index contributed by atoms with van der Waals surface area (Å²) in [6.45, 7) is 8.28. The smallest absolute Gasteiger partial charge is 0.134 e. The van der Waals surface area contributed by atoms with E-state index >= 15 is 0 Å². The van der Waals surface area contributed by atoms with E-state index in [0.717, 1.165) is 12.8 Å². The van der Waals surface area contributed by atoms with Gasteiger partial charge in [0.25, 0.3) is 0 Å². The van der Waals surface area contributed by atoms with Gasteiger partial charge in [-0.15, -0.1) is 0 Å². The maximum atomic E-state index is 11.7. The van der Waals surface area contributed by atoms with Crippen molar-refractivity contribution in [2.75, 3.05) is 0 Å². The van der Waals surface area contributed by atoms with Crippen molar-refractivity contribution in [3.05, 3.63) is 0 Å². The number of unbranched alkanes of at least 4 members (excludes halogenated alkanes) is 1. The van der Waals surface area contributed by atoms with Crippen LogP contribution in [0.5, 0.6) is 0 Å². The summed E-state index contributed by atoms with van der Waals surface area (Å²) in [5.74, 6) is -1.16. The Labute approximate surface area is 104 Å². The van der Waals surface area contributed by atoms with Crippen LogP contribution in [-0.2, 0) is 14.4 Å². The van der Waals surface area contributed by atoms with Crippen LogP contribution >= 0.6 is 0 Å². The molecule has 0 N–H and O–H groups in total. The normalized spacial score (nSPS) is 16.1. The highest BCUT2D eigenvalue weighted by Crippen LogP contribution is 2.28. The zero-order chi connectivity index (χ0) is 13.6. The van der Waals surface area contributed by atoms with Gasteiger partial charge in [-0.05, 0) is 27.2 Å². The van der Waals surface area contributed by atoms with Gasteiger partial charge in [0.05, 0.1) is 0 Å². The number of rotatable bonds is 8. The highest BCUT2D eigenvalue weighted by molar-refractivity contribution is 5.92. The van der Waals surface area contributed by atoms with Gasteiger partial charge in [0.1, 0.15) is 17.3 Å². The molecule has 0 amide bonds. The molecule has 3 atom stereocenters. The third kappa shape index (κ3) is 4.80. The molecule has 0 aliphatic heterocycles. The molecule has 0 bridgehead atoms. The molecule has 3 nitrogen and oxygen atoms in total. The van der Waals surface area contributed by atoms with E-state index in [1.807, 2.05) is 6.92 Å². The van der Waals surface area contributed by atoms with Gasteiger partial charge in [-0.3, -0.25) is 14.4 Å². The van der Waals surface area contributed by atoms with Crippen LogP contribution in [0.15, 0.2) is 0 Å². The lowest BCUT2D eigenvalue weighted by atomic mass is 9.74. The Hall–Kier alpha value is -0.990. The highest BCUT2D eigenvalue weighted by Gasteiger charge is 2.34. The minimum Gasteiger partial charge on any atom is -0.300 e. The molecular formula is C14H24O3. The molecule has 3 unspecified atom stereocenters. The lowest BCUT2D eigenvalue weighted by Crippen LogP contribution is -2.35. The summed E-state index contributed by atoms with van der Waals surface area (Å²) in [6, 6.07) is 0. The predicted molar refractivity (Wildman–Crippen MR) is 67.7 cm³/mol. The van der Waals surface area contributed by atoms with E-state index in [1.54, 1.807) is 6.92 Å². The Morgan fingerprint density at radius 1 is 0.941 bits per heavy atom. The van der Waals surface area contributed by atoms with Gasteiger partial charge < -0.3 is 0 Å². The third-order valence-corrected chi connectivity index (χ3v) is 3.47. The number of hydrogen-bond acceptors (Lipinski definition) is 3. The summed E-state index contributed by atoms with van der Waals surface area (Å²) in [7, 11) is 0. The van der Waals surface area contributed by atoms with Crippen molar-refractivity contribution in [3.63, 3.8) is 0 Å². The van der Waals surface area contributed by atoms with E-state index < -0.39 is 5.92 Å². The van der Waals surface area contributed by atoms with Crippen molar-refractivity contribution in [1.82, 2.24) is 0 Å². The van der Waals surface area contributed by atoms with Crippen molar-refractivity contribution in [3.8, 4) is 0 Å². The summed E-state index contributed by atoms with van der Waals surface area (Å²) in [5.41, 5.74) is 0. The highest BCUT2D eigenvalue weighted by atomic mass is 16.1. The minimum absolute atomic E-state index is 0.0201. The van der Waals surface area contributed by atoms with Crippen molar-refractivity contribution in [2.45, 2.75) is 53.9 Å². The topological polar surface area (TPSA) is 51.2 Å². The summed E-state index contributed by atoms with van der Waals surface area (Å²) in [4.78, 5) is 34.8. The van der Waals surface area contributed by atoms with Gasteiger partial charge >= 0.3 is 0 Å². The Morgan fingerprint density at radius 3 is 1.76 bits per heavy atom. The molecule has 3 heteroatoms. The van der Waals surface area contributed by atoms with Gasteiger partial charge in [0.2, 0.25) is 0 Å². The molecule has 0 spiro atoms. The molecule has 0 aliphatic carbocycles. The largest absolute Gasteiger partial charge is 0.300 e. The number of carbonyl (C=O) groups is 3. The molecule has 0 fully saturated rings. The Morgan fingerprint density at radius 2 is 1.47 bits per heavy atom. The first-order valence-electron chi connectivity index (χ1n) is 6.34. The zero-order valence-electron chi connectivity index (χ0n) is 11.6. The monoisotopic (exact) mass is 240 g/mol. The van der Waals surface area contributed by atoms with Gasteiger partial charge in [-0.25, -0.2) is 0 Å². The van der Waals surface area contributed by atoms with Crippen LogP contribution in [-0.4, -0.2) is 17.3 Å². The Bertz CT molecular complexity index is 294. The van der Waals surface area contributed by atoms with E-state index in [1.165, 1.54) is 20.8 Å². The van der Waals surface area contributed by atoms with Crippen LogP contribution in [0.1, 0.15) is 53.9 Å². The fourth-order valence-electron chi connectivity index (χ4n) is 2.30. The maximum Gasteiger partial charge on any atom is 0.134 e. The molecule has 0 saturated carbocycles. The lowest BCUT2D eigenvalue weighted by molar-refractivity contribution is -0.136. The van der Waals surface area contributed by atoms with Crippen molar-refractivity contribution < 1.29 is 14.4 Å². The lowest BCUT2D eigenvalue weighted by Gasteiger charge is -2.27. The maximum absolute atomic E-state index is 11.7. The van der Waals surface area contributed by atoms with Crippen LogP contribution in [0.25, 0.3) is 0 Å². The second-order valence-electron chi connectivity index (χ2n) is 4.90. The van der Waals surface area contributed by atoms with E-state index in [4.69, 9.17) is 0 Å². The first-order chi connectivity index (χ1) is 7.82. The zero-order valence-corrected chi connectivity index (χ0v) is 11.6. The average molecular weight is 240 g/mol. The molecule has 0 aromatic rings. The first kappa shape index (κ1) is 16.0. The molecule has 17 heavy (non-hydrogen) atoms. The van der Waals surface area contributed by atoms with E-state index in [0.29, 0.717) is 6.42 Å². The summed E-state index contributed by atoms with van der Waals surface area (Å²) >= 11 is 0. The summed E-state index contributed by atoms with van der Waals surface area (Å²) in [5, 5.41) is 0. The summed E-state index contributed by atoms with van der Waals surface area (Å²) in [6.07, 6.45) is 2.61. The predicted octanol–water partition coefficient (Wildman–Crippen LogP) is 2.81. The quantitative estimate of drug-likeness (QED) is 0.655. The number of Topliss-reactive ketones (excluding diaryl/α,β-unsaturated/α-hetero) is 3. The fraction of sp³-hybridized carbons (Fsp3) is 0.786. The standard InChI is InChI=1S/C14H24O3/c1-6-7-8-13(11(4)16)14(12(5)17)9(2)10(3)15/h9,13-14H,6-8H2,1-5H3. The van der Waals surface area contributed by atoms with Crippen molar-refractivity contribution >= 4 is 17.3 Å². The molecule has 0 radical (unpaired) electrons. The van der Waals surface area contributed by atoms with E-state index in [2.05, 4.69) is 0 Å². The SMILES string of the molecule is CCCCC(C(C)=O)C(C(C)=O)C(C)C(C)=O. The van der Waals surface area contributed by atoms with E-state index in [9.17, 15) is 14.4 Å². The second kappa shape index (κ2) is 7.36. The molecule has 0 saturated heterocycles. The molecule has 0 aromatic carbocycles. The van der Waals surface area contributed by atoms with Crippen LogP contribution in [0.4, 0.5) is 0 Å². The minimum atomic E-state index is -0.448. The second-order valence-corrected chi connectivity index (χ2v) is 4.90. The van der Waals surface area contributed by atoms with Gasteiger partial charge in [0.15, 0.2) is 0 Å². The van der Waals surface area contributed by atoms with Gasteiger partial charge in [-0.1, -0.05) is 26.7 Å². The van der Waals surface area contributed by atoms with Crippen molar-refractivity contribution in [2.24, 2.45) is 17.8 Å². The van der Waals surface area contributed by atoms with Gasteiger partial charge in [-0.2, -0.15) is 0 Å².